The fourth-order valence-corrected chi connectivity index (χ4v) is 2.40. The van der Waals surface area contributed by atoms with E-state index in [1.54, 1.807) is 0 Å². The van der Waals surface area contributed by atoms with Crippen LogP contribution in [0.15, 0.2) is 24.5 Å². The van der Waals surface area contributed by atoms with Gasteiger partial charge >= 0.3 is 0 Å². The predicted molar refractivity (Wildman–Crippen MR) is 59.3 cm³/mol. The van der Waals surface area contributed by atoms with Gasteiger partial charge in [-0.3, -0.25) is 0 Å². The van der Waals surface area contributed by atoms with Crippen molar-refractivity contribution in [2.75, 3.05) is 6.54 Å². The van der Waals surface area contributed by atoms with E-state index in [1.165, 1.54) is 32.2 Å². The molecule has 1 aromatic rings. The van der Waals surface area contributed by atoms with Crippen molar-refractivity contribution < 1.29 is 0 Å². The van der Waals surface area contributed by atoms with Crippen LogP contribution in [0.4, 0.5) is 0 Å². The van der Waals surface area contributed by atoms with Crippen molar-refractivity contribution in [1.29, 1.82) is 0 Å². The van der Waals surface area contributed by atoms with Crippen molar-refractivity contribution in [1.82, 2.24) is 9.88 Å². The first kappa shape index (κ1) is 9.78. The molecule has 1 aliphatic heterocycles. The summed E-state index contributed by atoms with van der Waals surface area (Å²) in [5.41, 5.74) is 0.358. The van der Waals surface area contributed by atoms with Gasteiger partial charge in [-0.1, -0.05) is 13.3 Å². The Bertz CT molecular complexity index is 258. The number of piperidine rings is 1. The zero-order valence-corrected chi connectivity index (χ0v) is 9.00. The normalized spacial score (nSPS) is 27.8. The molecule has 1 aliphatic rings. The number of aromatic nitrogens is 1. The molecule has 14 heavy (non-hydrogen) atoms. The summed E-state index contributed by atoms with van der Waals surface area (Å²) in [7, 11) is 0. The van der Waals surface area contributed by atoms with E-state index < -0.39 is 0 Å². The topological polar surface area (TPSA) is 17.0 Å². The minimum Gasteiger partial charge on any atom is -0.352 e. The van der Waals surface area contributed by atoms with Crippen molar-refractivity contribution >= 4 is 0 Å². The molecular weight excluding hydrogens is 172 g/mol. The van der Waals surface area contributed by atoms with Gasteiger partial charge in [0, 0.05) is 24.5 Å². The summed E-state index contributed by atoms with van der Waals surface area (Å²) in [6, 6.07) is 4.21. The van der Waals surface area contributed by atoms with Gasteiger partial charge in [0.1, 0.15) is 0 Å². The first-order chi connectivity index (χ1) is 6.85. The highest BCUT2D eigenvalue weighted by Crippen LogP contribution is 2.24. The molecule has 1 atom stereocenters. The molecule has 1 saturated heterocycles. The van der Waals surface area contributed by atoms with Crippen LogP contribution in [0.3, 0.4) is 0 Å². The number of hydrogen-bond donors (Lipinski definition) is 1. The van der Waals surface area contributed by atoms with Crippen LogP contribution in [0, 0.1) is 0 Å². The van der Waals surface area contributed by atoms with Crippen LogP contribution in [-0.2, 0) is 6.54 Å². The van der Waals surface area contributed by atoms with Crippen molar-refractivity contribution in [3.05, 3.63) is 24.5 Å². The first-order valence-corrected chi connectivity index (χ1v) is 5.70. The molecule has 0 radical (unpaired) electrons. The van der Waals surface area contributed by atoms with E-state index in [1.807, 2.05) is 0 Å². The van der Waals surface area contributed by atoms with E-state index in [0.717, 1.165) is 6.54 Å². The van der Waals surface area contributed by atoms with Gasteiger partial charge in [-0.25, -0.2) is 0 Å². The number of rotatable bonds is 3. The molecule has 0 bridgehead atoms. The van der Waals surface area contributed by atoms with Crippen LogP contribution in [0.2, 0.25) is 0 Å². The van der Waals surface area contributed by atoms with Crippen molar-refractivity contribution in [2.45, 2.75) is 44.7 Å². The zero-order chi connectivity index (χ0) is 9.86. The Kier molecular flexibility index (Phi) is 2.92. The van der Waals surface area contributed by atoms with E-state index in [2.05, 4.69) is 41.3 Å². The Morgan fingerprint density at radius 3 is 2.64 bits per heavy atom. The first-order valence-electron chi connectivity index (χ1n) is 5.70. The van der Waals surface area contributed by atoms with E-state index >= 15 is 0 Å². The minimum atomic E-state index is 0.358. The standard InChI is InChI=1S/C12H20N2/c1-2-12(7-3-4-8-13-12)11-14-9-5-6-10-14/h5-6,9-10,13H,2-4,7-8,11H2,1H3. The summed E-state index contributed by atoms with van der Waals surface area (Å²) in [6.07, 6.45) is 9.59. The van der Waals surface area contributed by atoms with Crippen LogP contribution in [0.1, 0.15) is 32.6 Å². The van der Waals surface area contributed by atoms with Gasteiger partial charge in [0.25, 0.3) is 0 Å². The number of nitrogens with zero attached hydrogens (tertiary/aromatic N) is 1. The molecule has 2 nitrogen and oxygen atoms in total. The summed E-state index contributed by atoms with van der Waals surface area (Å²) in [4.78, 5) is 0. The second-order valence-electron chi connectivity index (χ2n) is 4.37. The fourth-order valence-electron chi connectivity index (χ4n) is 2.40. The summed E-state index contributed by atoms with van der Waals surface area (Å²) >= 11 is 0. The van der Waals surface area contributed by atoms with Gasteiger partial charge in [0.2, 0.25) is 0 Å². The predicted octanol–water partition coefficient (Wildman–Crippen LogP) is 2.41. The van der Waals surface area contributed by atoms with Crippen molar-refractivity contribution in [2.24, 2.45) is 0 Å². The van der Waals surface area contributed by atoms with Crippen LogP contribution < -0.4 is 5.32 Å². The molecule has 0 spiro atoms. The SMILES string of the molecule is CCC1(Cn2cccc2)CCCCN1. The largest absolute Gasteiger partial charge is 0.352 e. The van der Waals surface area contributed by atoms with Crippen LogP contribution in [-0.4, -0.2) is 16.7 Å². The van der Waals surface area contributed by atoms with E-state index in [9.17, 15) is 0 Å². The molecule has 2 heterocycles. The maximum absolute atomic E-state index is 3.70. The van der Waals surface area contributed by atoms with Gasteiger partial charge in [0.15, 0.2) is 0 Å². The average Bonchev–Trinajstić information content (AvgIpc) is 2.72. The third-order valence-corrected chi connectivity index (χ3v) is 3.41. The molecule has 0 aromatic carbocycles. The maximum Gasteiger partial charge on any atom is 0.0402 e. The van der Waals surface area contributed by atoms with Gasteiger partial charge in [-0.2, -0.15) is 0 Å². The number of hydrogen-bond acceptors (Lipinski definition) is 1. The van der Waals surface area contributed by atoms with Gasteiger partial charge in [-0.15, -0.1) is 0 Å². The second kappa shape index (κ2) is 4.18. The molecule has 1 aromatic heterocycles. The van der Waals surface area contributed by atoms with Crippen LogP contribution >= 0.6 is 0 Å². The molecular formula is C12H20N2. The Balaban J connectivity index is 2.04. The highest BCUT2D eigenvalue weighted by molar-refractivity contribution is 4.96. The Labute approximate surface area is 86.3 Å². The van der Waals surface area contributed by atoms with Gasteiger partial charge in [0.05, 0.1) is 0 Å². The molecule has 78 valence electrons. The maximum atomic E-state index is 3.70. The lowest BCUT2D eigenvalue weighted by Gasteiger charge is -2.38. The van der Waals surface area contributed by atoms with Crippen molar-refractivity contribution in [3.63, 3.8) is 0 Å². The Morgan fingerprint density at radius 1 is 1.29 bits per heavy atom. The third kappa shape index (κ3) is 2.01. The molecule has 1 unspecified atom stereocenters. The quantitative estimate of drug-likeness (QED) is 0.778. The fraction of sp³-hybridized carbons (Fsp3) is 0.667. The molecule has 0 amide bonds. The molecule has 1 N–H and O–H groups in total. The monoisotopic (exact) mass is 192 g/mol. The molecule has 2 heteroatoms. The van der Waals surface area contributed by atoms with Gasteiger partial charge < -0.3 is 9.88 Å². The lowest BCUT2D eigenvalue weighted by Crippen LogP contribution is -2.50. The average molecular weight is 192 g/mol. The highest BCUT2D eigenvalue weighted by Gasteiger charge is 2.29. The van der Waals surface area contributed by atoms with Crippen molar-refractivity contribution in [3.8, 4) is 0 Å². The summed E-state index contributed by atoms with van der Waals surface area (Å²) < 4.78 is 2.29. The Morgan fingerprint density at radius 2 is 2.07 bits per heavy atom. The number of nitrogens with one attached hydrogen (secondary N) is 1. The van der Waals surface area contributed by atoms with Crippen LogP contribution in [0.5, 0.6) is 0 Å². The molecule has 2 rings (SSSR count). The molecule has 1 fully saturated rings. The lowest BCUT2D eigenvalue weighted by molar-refractivity contribution is 0.213. The Hall–Kier alpha value is -0.760. The smallest absolute Gasteiger partial charge is 0.0402 e. The highest BCUT2D eigenvalue weighted by atomic mass is 15.1. The second-order valence-corrected chi connectivity index (χ2v) is 4.37. The summed E-state index contributed by atoms with van der Waals surface area (Å²) in [6.45, 7) is 4.60. The minimum absolute atomic E-state index is 0.358. The third-order valence-electron chi connectivity index (χ3n) is 3.41. The van der Waals surface area contributed by atoms with E-state index in [-0.39, 0.29) is 0 Å². The zero-order valence-electron chi connectivity index (χ0n) is 9.00. The summed E-state index contributed by atoms with van der Waals surface area (Å²) in [5.74, 6) is 0. The molecule has 0 aliphatic carbocycles. The summed E-state index contributed by atoms with van der Waals surface area (Å²) in [5, 5.41) is 3.70. The van der Waals surface area contributed by atoms with Crippen LogP contribution in [0.25, 0.3) is 0 Å². The lowest BCUT2D eigenvalue weighted by atomic mass is 9.86. The van der Waals surface area contributed by atoms with Gasteiger partial charge in [-0.05, 0) is 37.9 Å². The van der Waals surface area contributed by atoms with E-state index in [0.29, 0.717) is 5.54 Å². The van der Waals surface area contributed by atoms with E-state index in [4.69, 9.17) is 0 Å². The molecule has 0 saturated carbocycles.